The molecule has 6 heteroatoms. The van der Waals surface area contributed by atoms with Crippen molar-refractivity contribution in [3.63, 3.8) is 0 Å². The van der Waals surface area contributed by atoms with Crippen molar-refractivity contribution in [3.05, 3.63) is 23.8 Å². The summed E-state index contributed by atoms with van der Waals surface area (Å²) in [5.41, 5.74) is 6.85. The zero-order chi connectivity index (χ0) is 13.8. The second-order valence-electron chi connectivity index (χ2n) is 4.28. The molecule has 1 unspecified atom stereocenters. The third-order valence-corrected chi connectivity index (χ3v) is 4.00. The smallest absolute Gasteiger partial charge is 0.241 e. The summed E-state index contributed by atoms with van der Waals surface area (Å²) in [6.07, 6.45) is 1.93. The van der Waals surface area contributed by atoms with Crippen LogP contribution in [0.1, 0.15) is 5.56 Å². The first kappa shape index (κ1) is 13.7. The van der Waals surface area contributed by atoms with Gasteiger partial charge < -0.3 is 16.0 Å². The number of anilines is 1. The summed E-state index contributed by atoms with van der Waals surface area (Å²) < 4.78 is 0. The lowest BCUT2D eigenvalue weighted by atomic mass is 10.1. The SMILES string of the molecule is CSc1cccc(N2CCNCC2C(N)=O)c1C#N. The van der Waals surface area contributed by atoms with E-state index >= 15 is 0 Å². The number of nitrogens with two attached hydrogens (primary N) is 1. The van der Waals surface area contributed by atoms with Gasteiger partial charge in [-0.2, -0.15) is 5.26 Å². The van der Waals surface area contributed by atoms with Crippen molar-refractivity contribution in [2.45, 2.75) is 10.9 Å². The first-order valence-corrected chi connectivity index (χ1v) is 7.25. The maximum absolute atomic E-state index is 11.5. The zero-order valence-corrected chi connectivity index (χ0v) is 11.5. The maximum atomic E-state index is 11.5. The molecule has 2 rings (SSSR count). The topological polar surface area (TPSA) is 82.2 Å². The lowest BCUT2D eigenvalue weighted by Gasteiger charge is -2.36. The van der Waals surface area contributed by atoms with Gasteiger partial charge in [0.05, 0.1) is 11.3 Å². The number of thioether (sulfide) groups is 1. The van der Waals surface area contributed by atoms with Gasteiger partial charge in [0.2, 0.25) is 5.91 Å². The van der Waals surface area contributed by atoms with Crippen LogP contribution in [0.4, 0.5) is 5.69 Å². The van der Waals surface area contributed by atoms with E-state index in [0.717, 1.165) is 17.1 Å². The summed E-state index contributed by atoms with van der Waals surface area (Å²) in [7, 11) is 0. The van der Waals surface area contributed by atoms with Crippen LogP contribution in [0, 0.1) is 11.3 Å². The number of primary amides is 1. The molecule has 0 aliphatic carbocycles. The molecule has 100 valence electrons. The van der Waals surface area contributed by atoms with Gasteiger partial charge in [0.15, 0.2) is 0 Å². The summed E-state index contributed by atoms with van der Waals surface area (Å²) >= 11 is 1.53. The fourth-order valence-corrected chi connectivity index (χ4v) is 2.86. The zero-order valence-electron chi connectivity index (χ0n) is 10.7. The summed E-state index contributed by atoms with van der Waals surface area (Å²) in [5.74, 6) is -0.370. The van der Waals surface area contributed by atoms with Crippen LogP contribution in [0.2, 0.25) is 0 Å². The monoisotopic (exact) mass is 276 g/mol. The van der Waals surface area contributed by atoms with Crippen molar-refractivity contribution in [1.29, 1.82) is 5.26 Å². The van der Waals surface area contributed by atoms with Crippen LogP contribution in [-0.2, 0) is 4.79 Å². The minimum atomic E-state index is -0.405. The van der Waals surface area contributed by atoms with Crippen molar-refractivity contribution in [1.82, 2.24) is 5.32 Å². The molecule has 0 bridgehead atoms. The lowest BCUT2D eigenvalue weighted by Crippen LogP contribution is -2.57. The van der Waals surface area contributed by atoms with Gasteiger partial charge in [-0.15, -0.1) is 11.8 Å². The van der Waals surface area contributed by atoms with Crippen LogP contribution in [0.5, 0.6) is 0 Å². The van der Waals surface area contributed by atoms with Crippen molar-refractivity contribution in [2.75, 3.05) is 30.8 Å². The van der Waals surface area contributed by atoms with E-state index in [1.54, 1.807) is 0 Å². The third-order valence-electron chi connectivity index (χ3n) is 3.22. The van der Waals surface area contributed by atoms with E-state index in [1.165, 1.54) is 11.8 Å². The second-order valence-corrected chi connectivity index (χ2v) is 5.13. The number of nitrogens with one attached hydrogen (secondary N) is 1. The highest BCUT2D eigenvalue weighted by molar-refractivity contribution is 7.98. The van der Waals surface area contributed by atoms with Crippen molar-refractivity contribution in [3.8, 4) is 6.07 Å². The Morgan fingerprint density at radius 3 is 3.05 bits per heavy atom. The summed E-state index contributed by atoms with van der Waals surface area (Å²) in [6.45, 7) is 1.96. The van der Waals surface area contributed by atoms with Gasteiger partial charge in [-0.3, -0.25) is 4.79 Å². The Kier molecular flexibility index (Phi) is 4.30. The predicted molar refractivity (Wildman–Crippen MR) is 76.1 cm³/mol. The molecule has 0 saturated carbocycles. The van der Waals surface area contributed by atoms with E-state index in [4.69, 9.17) is 5.73 Å². The molecule has 1 aliphatic rings. The van der Waals surface area contributed by atoms with E-state index in [1.807, 2.05) is 29.4 Å². The number of piperazine rings is 1. The van der Waals surface area contributed by atoms with Crippen molar-refractivity contribution >= 4 is 23.4 Å². The van der Waals surface area contributed by atoms with Crippen molar-refractivity contribution in [2.24, 2.45) is 5.73 Å². The molecular formula is C13H16N4OS. The number of carbonyl (C=O) groups is 1. The number of nitrogens with zero attached hydrogens (tertiary/aromatic N) is 2. The largest absolute Gasteiger partial charge is 0.368 e. The highest BCUT2D eigenvalue weighted by Gasteiger charge is 2.28. The Hall–Kier alpha value is -1.71. The molecule has 19 heavy (non-hydrogen) atoms. The number of carbonyl (C=O) groups excluding carboxylic acids is 1. The Morgan fingerprint density at radius 2 is 2.42 bits per heavy atom. The van der Waals surface area contributed by atoms with Crippen LogP contribution >= 0.6 is 11.8 Å². The van der Waals surface area contributed by atoms with E-state index in [-0.39, 0.29) is 5.91 Å². The summed E-state index contributed by atoms with van der Waals surface area (Å²) in [5, 5.41) is 12.5. The van der Waals surface area contributed by atoms with Crippen LogP contribution in [0.25, 0.3) is 0 Å². The lowest BCUT2D eigenvalue weighted by molar-refractivity contribution is -0.119. The molecule has 0 aromatic heterocycles. The van der Waals surface area contributed by atoms with Crippen LogP contribution in [-0.4, -0.2) is 37.8 Å². The maximum Gasteiger partial charge on any atom is 0.241 e. The number of rotatable bonds is 3. The van der Waals surface area contributed by atoms with E-state index < -0.39 is 6.04 Å². The average Bonchev–Trinajstić information content (AvgIpc) is 2.46. The number of amides is 1. The van der Waals surface area contributed by atoms with E-state index in [9.17, 15) is 10.1 Å². The van der Waals surface area contributed by atoms with E-state index in [2.05, 4.69) is 11.4 Å². The Balaban J connectivity index is 2.45. The molecule has 1 fully saturated rings. The van der Waals surface area contributed by atoms with Crippen LogP contribution in [0.15, 0.2) is 23.1 Å². The molecule has 1 aliphatic heterocycles. The molecule has 1 saturated heterocycles. The third kappa shape index (κ3) is 2.67. The first-order valence-electron chi connectivity index (χ1n) is 6.02. The van der Waals surface area contributed by atoms with Crippen LogP contribution < -0.4 is 16.0 Å². The minimum Gasteiger partial charge on any atom is -0.368 e. The van der Waals surface area contributed by atoms with Crippen LogP contribution in [0.3, 0.4) is 0 Å². The molecular weight excluding hydrogens is 260 g/mol. The molecule has 1 aromatic carbocycles. The number of hydrogen-bond acceptors (Lipinski definition) is 5. The summed E-state index contributed by atoms with van der Waals surface area (Å²) in [6, 6.07) is 7.52. The molecule has 1 aromatic rings. The molecule has 5 nitrogen and oxygen atoms in total. The van der Waals surface area contributed by atoms with Gasteiger partial charge >= 0.3 is 0 Å². The second kappa shape index (κ2) is 5.95. The van der Waals surface area contributed by atoms with Gasteiger partial charge in [-0.05, 0) is 18.4 Å². The fourth-order valence-electron chi connectivity index (χ4n) is 2.29. The van der Waals surface area contributed by atoms with Gasteiger partial charge in [0.25, 0.3) is 0 Å². The number of benzene rings is 1. The number of nitriles is 1. The van der Waals surface area contributed by atoms with Gasteiger partial charge in [-0.1, -0.05) is 6.07 Å². The highest BCUT2D eigenvalue weighted by Crippen LogP contribution is 2.30. The normalized spacial score (nSPS) is 18.9. The van der Waals surface area contributed by atoms with E-state index in [0.29, 0.717) is 18.7 Å². The Morgan fingerprint density at radius 1 is 1.63 bits per heavy atom. The molecule has 1 amide bonds. The van der Waals surface area contributed by atoms with Gasteiger partial charge in [0, 0.05) is 24.5 Å². The Labute approximate surface area is 116 Å². The Bertz CT molecular complexity index is 526. The fraction of sp³-hybridized carbons (Fsp3) is 0.385. The average molecular weight is 276 g/mol. The quantitative estimate of drug-likeness (QED) is 0.788. The molecule has 0 spiro atoms. The van der Waals surface area contributed by atoms with Gasteiger partial charge in [-0.25, -0.2) is 0 Å². The summed E-state index contributed by atoms with van der Waals surface area (Å²) in [4.78, 5) is 14.4. The highest BCUT2D eigenvalue weighted by atomic mass is 32.2. The van der Waals surface area contributed by atoms with Crippen molar-refractivity contribution < 1.29 is 4.79 Å². The number of hydrogen-bond donors (Lipinski definition) is 2. The standard InChI is InChI=1S/C13H16N4OS/c1-19-12-4-2-3-10(9(12)7-14)17-6-5-16-8-11(17)13(15)18/h2-4,11,16H,5-6,8H2,1H3,(H2,15,18). The first-order chi connectivity index (χ1) is 9.19. The molecule has 1 heterocycles. The predicted octanol–water partition coefficient (Wildman–Crippen LogP) is 0.544. The minimum absolute atomic E-state index is 0.370. The molecule has 0 radical (unpaired) electrons. The van der Waals surface area contributed by atoms with Gasteiger partial charge in [0.1, 0.15) is 12.1 Å². The molecule has 1 atom stereocenters. The molecule has 3 N–H and O–H groups in total.